The zero-order valence-corrected chi connectivity index (χ0v) is 16.5. The van der Waals surface area contributed by atoms with Crippen molar-refractivity contribution in [1.82, 2.24) is 0 Å². The molecule has 2 aromatic carbocycles. The van der Waals surface area contributed by atoms with Crippen molar-refractivity contribution in [2.45, 2.75) is 17.9 Å². The lowest BCUT2D eigenvalue weighted by molar-refractivity contribution is -0.384. The number of nitro benzene ring substituents is 1. The maximum absolute atomic E-state index is 12.5. The van der Waals surface area contributed by atoms with Gasteiger partial charge in [0.25, 0.3) is 21.7 Å². The van der Waals surface area contributed by atoms with Gasteiger partial charge in [-0.05, 0) is 31.2 Å². The number of anilines is 1. The number of nitrogens with one attached hydrogen (secondary N) is 1. The number of Topliss-reactive ketones (excluding diaryl/α,β-unsaturated/α-hetero) is 1. The molecule has 0 saturated carbocycles. The van der Waals surface area contributed by atoms with Crippen molar-refractivity contribution in [3.05, 3.63) is 52.6 Å². The third kappa shape index (κ3) is 5.42. The summed E-state index contributed by atoms with van der Waals surface area (Å²) in [7, 11) is -3.29. The average molecular weight is 436 g/mol. The van der Waals surface area contributed by atoms with Crippen molar-refractivity contribution in [1.29, 1.82) is 0 Å². The zero-order chi connectivity index (χ0) is 22.5. The van der Waals surface area contributed by atoms with E-state index in [1.807, 2.05) is 0 Å². The third-order valence-corrected chi connectivity index (χ3v) is 4.57. The Kier molecular flexibility index (Phi) is 6.92. The lowest BCUT2D eigenvalue weighted by Crippen LogP contribution is -2.31. The standard InChI is InChI=1S/C17H16N4O8S/c1-10(22)16(17(23)18-12-5-3-4-6-15(12)29-2)20-19-13-9-11(30(26,27)28)7-8-14(13)21(24)25/h3-9,16H,1-2H3,(H,18,23)(H,26,27,28). The van der Waals surface area contributed by atoms with Crippen LogP contribution in [0.15, 0.2) is 57.6 Å². The summed E-state index contributed by atoms with van der Waals surface area (Å²) in [6.45, 7) is 1.06. The van der Waals surface area contributed by atoms with Crippen LogP contribution in [-0.2, 0) is 19.7 Å². The number of methoxy groups -OCH3 is 1. The Hall–Kier alpha value is -3.71. The summed E-state index contributed by atoms with van der Waals surface area (Å²) >= 11 is 0. The van der Waals surface area contributed by atoms with Crippen LogP contribution in [0.2, 0.25) is 0 Å². The highest BCUT2D eigenvalue weighted by molar-refractivity contribution is 7.85. The Bertz CT molecular complexity index is 1130. The normalized spacial score (nSPS) is 12.4. The highest BCUT2D eigenvalue weighted by atomic mass is 32.2. The van der Waals surface area contributed by atoms with E-state index in [4.69, 9.17) is 9.29 Å². The molecule has 12 nitrogen and oxygen atoms in total. The smallest absolute Gasteiger partial charge is 0.296 e. The molecule has 0 aliphatic carbocycles. The van der Waals surface area contributed by atoms with E-state index >= 15 is 0 Å². The number of para-hydroxylation sites is 2. The number of benzene rings is 2. The number of ketones is 1. The second kappa shape index (κ2) is 9.19. The van der Waals surface area contributed by atoms with Crippen molar-refractivity contribution in [2.75, 3.05) is 12.4 Å². The van der Waals surface area contributed by atoms with Gasteiger partial charge in [0, 0.05) is 6.07 Å². The Morgan fingerprint density at radius 1 is 1.23 bits per heavy atom. The van der Waals surface area contributed by atoms with Gasteiger partial charge in [-0.2, -0.15) is 13.5 Å². The molecule has 2 rings (SSSR count). The number of amides is 1. The number of hydrogen-bond acceptors (Lipinski definition) is 9. The van der Waals surface area contributed by atoms with Crippen molar-refractivity contribution in [2.24, 2.45) is 10.2 Å². The number of azo groups is 1. The molecular formula is C17H16N4O8S. The monoisotopic (exact) mass is 436 g/mol. The number of hydrogen-bond donors (Lipinski definition) is 2. The fraction of sp³-hybridized carbons (Fsp3) is 0.176. The highest BCUT2D eigenvalue weighted by Gasteiger charge is 2.25. The second-order valence-corrected chi connectivity index (χ2v) is 7.22. The molecule has 0 saturated heterocycles. The maximum atomic E-state index is 12.5. The van der Waals surface area contributed by atoms with E-state index in [0.29, 0.717) is 11.8 Å². The SMILES string of the molecule is COc1ccccc1NC(=O)C(N=Nc1cc(S(=O)(=O)O)ccc1[N+](=O)[O-])C(C)=O. The minimum atomic E-state index is -4.67. The fourth-order valence-corrected chi connectivity index (χ4v) is 2.79. The van der Waals surface area contributed by atoms with E-state index in [1.54, 1.807) is 18.2 Å². The molecule has 0 heterocycles. The molecule has 1 unspecified atom stereocenters. The van der Waals surface area contributed by atoms with E-state index in [1.165, 1.54) is 13.2 Å². The molecule has 2 N–H and O–H groups in total. The minimum absolute atomic E-state index is 0.255. The van der Waals surface area contributed by atoms with Crippen LogP contribution in [0.1, 0.15) is 6.92 Å². The molecule has 30 heavy (non-hydrogen) atoms. The molecule has 0 radical (unpaired) electrons. The van der Waals surface area contributed by atoms with E-state index in [2.05, 4.69) is 15.5 Å². The minimum Gasteiger partial charge on any atom is -0.495 e. The van der Waals surface area contributed by atoms with Crippen LogP contribution in [0.3, 0.4) is 0 Å². The van der Waals surface area contributed by atoms with Gasteiger partial charge in [0.05, 0.1) is 22.6 Å². The lowest BCUT2D eigenvalue weighted by atomic mass is 10.2. The van der Waals surface area contributed by atoms with Crippen molar-refractivity contribution in [3.8, 4) is 5.75 Å². The van der Waals surface area contributed by atoms with E-state index in [0.717, 1.165) is 19.1 Å². The lowest BCUT2D eigenvalue weighted by Gasteiger charge is -2.12. The highest BCUT2D eigenvalue weighted by Crippen LogP contribution is 2.31. The average Bonchev–Trinajstić information content (AvgIpc) is 2.67. The number of carbonyl (C=O) groups excluding carboxylic acids is 2. The van der Waals surface area contributed by atoms with Gasteiger partial charge in [0.1, 0.15) is 5.75 Å². The largest absolute Gasteiger partial charge is 0.495 e. The van der Waals surface area contributed by atoms with Crippen molar-refractivity contribution < 1.29 is 32.2 Å². The molecule has 0 aromatic heterocycles. The topological polar surface area (TPSA) is 178 Å². The van der Waals surface area contributed by atoms with Gasteiger partial charge in [0.15, 0.2) is 11.5 Å². The number of ether oxygens (including phenoxy) is 1. The predicted octanol–water partition coefficient (Wildman–Crippen LogP) is 2.53. The first-order valence-corrected chi connectivity index (χ1v) is 9.59. The van der Waals surface area contributed by atoms with Crippen LogP contribution in [0, 0.1) is 10.1 Å². The molecule has 1 atom stereocenters. The summed E-state index contributed by atoms with van der Waals surface area (Å²) in [6.07, 6.45) is 0. The van der Waals surface area contributed by atoms with Gasteiger partial charge < -0.3 is 10.1 Å². The molecule has 1 amide bonds. The first kappa shape index (κ1) is 22.6. The summed E-state index contributed by atoms with van der Waals surface area (Å²) in [4.78, 5) is 34.0. The van der Waals surface area contributed by atoms with Crippen molar-refractivity contribution in [3.63, 3.8) is 0 Å². The van der Waals surface area contributed by atoms with Gasteiger partial charge >= 0.3 is 0 Å². The van der Waals surface area contributed by atoms with E-state index < -0.39 is 49.0 Å². The van der Waals surface area contributed by atoms with Gasteiger partial charge in [-0.3, -0.25) is 24.3 Å². The van der Waals surface area contributed by atoms with Gasteiger partial charge in [-0.1, -0.05) is 12.1 Å². The number of nitrogens with zero attached hydrogens (tertiary/aromatic N) is 3. The summed E-state index contributed by atoms with van der Waals surface area (Å²) in [5.41, 5.74) is -0.948. The number of nitro groups is 1. The van der Waals surface area contributed by atoms with E-state index in [-0.39, 0.29) is 5.69 Å². The van der Waals surface area contributed by atoms with Crippen LogP contribution in [0.5, 0.6) is 5.75 Å². The van der Waals surface area contributed by atoms with Crippen LogP contribution < -0.4 is 10.1 Å². The number of carbonyl (C=O) groups is 2. The molecule has 0 fully saturated rings. The summed E-state index contributed by atoms with van der Waals surface area (Å²) < 4.78 is 36.7. The van der Waals surface area contributed by atoms with Gasteiger partial charge in [-0.25, -0.2) is 0 Å². The molecule has 158 valence electrons. The summed E-state index contributed by atoms with van der Waals surface area (Å²) in [5, 5.41) is 20.7. The first-order chi connectivity index (χ1) is 14.0. The summed E-state index contributed by atoms with van der Waals surface area (Å²) in [5.74, 6) is -1.29. The maximum Gasteiger partial charge on any atom is 0.296 e. The quantitative estimate of drug-likeness (QED) is 0.208. The third-order valence-electron chi connectivity index (χ3n) is 3.72. The second-order valence-electron chi connectivity index (χ2n) is 5.80. The molecule has 0 aliphatic heterocycles. The van der Waals surface area contributed by atoms with Crippen LogP contribution in [-0.4, -0.2) is 42.7 Å². The molecule has 0 aliphatic rings. The Morgan fingerprint density at radius 3 is 2.47 bits per heavy atom. The molecule has 0 bridgehead atoms. The molecule has 0 spiro atoms. The van der Waals surface area contributed by atoms with Crippen LogP contribution in [0.4, 0.5) is 17.1 Å². The molecule has 2 aromatic rings. The van der Waals surface area contributed by atoms with E-state index in [9.17, 15) is 28.1 Å². The summed E-state index contributed by atoms with van der Waals surface area (Å²) in [6, 6.07) is 7.01. The van der Waals surface area contributed by atoms with Crippen LogP contribution >= 0.6 is 0 Å². The zero-order valence-electron chi connectivity index (χ0n) is 15.7. The number of rotatable bonds is 8. The van der Waals surface area contributed by atoms with Gasteiger partial charge in [-0.15, -0.1) is 5.11 Å². The Morgan fingerprint density at radius 2 is 1.90 bits per heavy atom. The first-order valence-electron chi connectivity index (χ1n) is 8.15. The molecular weight excluding hydrogens is 420 g/mol. The Labute approximate surface area is 170 Å². The molecule has 13 heteroatoms. The van der Waals surface area contributed by atoms with Gasteiger partial charge in [0.2, 0.25) is 6.04 Å². The van der Waals surface area contributed by atoms with Crippen LogP contribution in [0.25, 0.3) is 0 Å². The van der Waals surface area contributed by atoms with Crippen molar-refractivity contribution >= 4 is 38.9 Å². The Balaban J connectivity index is 2.40. The fourth-order valence-electron chi connectivity index (χ4n) is 2.29. The predicted molar refractivity (Wildman–Crippen MR) is 104 cm³/mol.